The molecule has 0 saturated carbocycles. The van der Waals surface area contributed by atoms with Crippen molar-refractivity contribution in [2.24, 2.45) is 5.73 Å². The number of hydrogen-bond donors (Lipinski definition) is 1. The maximum Gasteiger partial charge on any atom is 0.228 e. The van der Waals surface area contributed by atoms with Crippen LogP contribution in [0.15, 0.2) is 59.1 Å². The Balaban J connectivity index is 1.75. The highest BCUT2D eigenvalue weighted by Gasteiger charge is 2.13. The van der Waals surface area contributed by atoms with Gasteiger partial charge in [-0.2, -0.15) is 4.98 Å². The lowest BCUT2D eigenvalue weighted by molar-refractivity contribution is 0.370. The van der Waals surface area contributed by atoms with Gasteiger partial charge in [-0.1, -0.05) is 47.1 Å². The first-order valence-corrected chi connectivity index (χ1v) is 6.99. The fourth-order valence-corrected chi connectivity index (χ4v) is 2.19. The van der Waals surface area contributed by atoms with Gasteiger partial charge >= 0.3 is 0 Å². The van der Waals surface area contributed by atoms with Gasteiger partial charge in [0.2, 0.25) is 11.7 Å². The third kappa shape index (κ3) is 3.29. The van der Waals surface area contributed by atoms with E-state index >= 15 is 0 Å². The molecule has 5 heteroatoms. The molecule has 4 nitrogen and oxygen atoms in total. The molecule has 1 atom stereocenters. The van der Waals surface area contributed by atoms with Crippen LogP contribution in [0, 0.1) is 0 Å². The Morgan fingerprint density at radius 1 is 1.05 bits per heavy atom. The molecule has 0 saturated heterocycles. The Morgan fingerprint density at radius 3 is 2.48 bits per heavy atom. The highest BCUT2D eigenvalue weighted by molar-refractivity contribution is 6.30. The molecule has 0 amide bonds. The second-order valence-electron chi connectivity index (χ2n) is 4.74. The fraction of sp³-hybridized carbons (Fsp3) is 0.125. The Hall–Kier alpha value is -2.17. The van der Waals surface area contributed by atoms with Crippen LogP contribution in [0.1, 0.15) is 17.5 Å². The molecule has 3 rings (SSSR count). The molecule has 0 aliphatic carbocycles. The molecule has 0 bridgehead atoms. The lowest BCUT2D eigenvalue weighted by Crippen LogP contribution is -2.13. The van der Waals surface area contributed by atoms with Crippen molar-refractivity contribution in [2.45, 2.75) is 12.5 Å². The fourth-order valence-electron chi connectivity index (χ4n) is 2.06. The zero-order valence-corrected chi connectivity index (χ0v) is 12.0. The maximum atomic E-state index is 6.15. The van der Waals surface area contributed by atoms with Gasteiger partial charge in [-0.25, -0.2) is 0 Å². The van der Waals surface area contributed by atoms with Gasteiger partial charge in [0.15, 0.2) is 0 Å². The van der Waals surface area contributed by atoms with Crippen LogP contribution in [0.3, 0.4) is 0 Å². The SMILES string of the molecule is N[C@@H](Cc1nc(-c2ccc(Cl)cc2)no1)c1ccccc1. The molecular weight excluding hydrogens is 286 g/mol. The van der Waals surface area contributed by atoms with Crippen LogP contribution < -0.4 is 5.73 Å². The number of rotatable bonds is 4. The summed E-state index contributed by atoms with van der Waals surface area (Å²) in [5.41, 5.74) is 8.06. The molecule has 0 radical (unpaired) electrons. The monoisotopic (exact) mass is 299 g/mol. The smallest absolute Gasteiger partial charge is 0.228 e. The summed E-state index contributed by atoms with van der Waals surface area (Å²) >= 11 is 5.86. The Morgan fingerprint density at radius 2 is 1.76 bits per heavy atom. The number of aromatic nitrogens is 2. The first-order valence-electron chi connectivity index (χ1n) is 6.61. The zero-order chi connectivity index (χ0) is 14.7. The van der Waals surface area contributed by atoms with E-state index < -0.39 is 0 Å². The molecule has 0 fully saturated rings. The van der Waals surface area contributed by atoms with E-state index in [1.54, 1.807) is 12.1 Å². The van der Waals surface area contributed by atoms with Crippen LogP contribution in [0.4, 0.5) is 0 Å². The predicted octanol–water partition coefficient (Wildman–Crippen LogP) is 3.63. The Bertz CT molecular complexity index is 710. The molecule has 21 heavy (non-hydrogen) atoms. The van der Waals surface area contributed by atoms with Crippen LogP contribution >= 0.6 is 11.6 Å². The van der Waals surface area contributed by atoms with Crippen molar-refractivity contribution in [3.05, 3.63) is 71.1 Å². The summed E-state index contributed by atoms with van der Waals surface area (Å²) in [6, 6.07) is 17.0. The van der Waals surface area contributed by atoms with Gasteiger partial charge in [-0.15, -0.1) is 0 Å². The Labute approximate surface area is 127 Å². The third-order valence-electron chi connectivity index (χ3n) is 3.19. The zero-order valence-electron chi connectivity index (χ0n) is 11.2. The summed E-state index contributed by atoms with van der Waals surface area (Å²) in [4.78, 5) is 4.37. The molecular formula is C16H14ClN3O. The summed E-state index contributed by atoms with van der Waals surface area (Å²) in [5, 5.41) is 4.65. The molecule has 0 spiro atoms. The van der Waals surface area contributed by atoms with Crippen LogP contribution in [0.5, 0.6) is 0 Å². The highest BCUT2D eigenvalue weighted by Crippen LogP contribution is 2.20. The second kappa shape index (κ2) is 6.08. The van der Waals surface area contributed by atoms with Crippen LogP contribution in [0.2, 0.25) is 5.02 Å². The van der Waals surface area contributed by atoms with E-state index in [0.717, 1.165) is 11.1 Å². The summed E-state index contributed by atoms with van der Waals surface area (Å²) in [6.45, 7) is 0. The van der Waals surface area contributed by atoms with Gasteiger partial charge in [0.1, 0.15) is 0 Å². The molecule has 1 heterocycles. The van der Waals surface area contributed by atoms with Crippen molar-refractivity contribution in [3.8, 4) is 11.4 Å². The average molecular weight is 300 g/mol. The third-order valence-corrected chi connectivity index (χ3v) is 3.44. The summed E-state index contributed by atoms with van der Waals surface area (Å²) in [7, 11) is 0. The quantitative estimate of drug-likeness (QED) is 0.799. The van der Waals surface area contributed by atoms with Crippen LogP contribution in [-0.4, -0.2) is 10.1 Å². The minimum Gasteiger partial charge on any atom is -0.339 e. The van der Waals surface area contributed by atoms with Gasteiger partial charge < -0.3 is 10.3 Å². The summed E-state index contributed by atoms with van der Waals surface area (Å²) in [6.07, 6.45) is 0.505. The van der Waals surface area contributed by atoms with Crippen molar-refractivity contribution in [2.75, 3.05) is 0 Å². The number of hydrogen-bond acceptors (Lipinski definition) is 4. The summed E-state index contributed by atoms with van der Waals surface area (Å²) in [5.74, 6) is 1.07. The van der Waals surface area contributed by atoms with Crippen LogP contribution in [0.25, 0.3) is 11.4 Å². The predicted molar refractivity (Wildman–Crippen MR) is 81.8 cm³/mol. The standard InChI is InChI=1S/C16H14ClN3O/c17-13-8-6-12(7-9-13)16-19-15(21-20-16)10-14(18)11-4-2-1-3-5-11/h1-9,14H,10,18H2/t14-/m0/s1. The molecule has 0 aliphatic rings. The largest absolute Gasteiger partial charge is 0.339 e. The average Bonchev–Trinajstić information content (AvgIpc) is 2.97. The number of benzene rings is 2. The molecule has 3 aromatic rings. The van der Waals surface area contributed by atoms with Crippen molar-refractivity contribution < 1.29 is 4.52 Å². The van der Waals surface area contributed by atoms with Crippen molar-refractivity contribution in [3.63, 3.8) is 0 Å². The molecule has 2 N–H and O–H groups in total. The topological polar surface area (TPSA) is 64.9 Å². The molecule has 2 aromatic carbocycles. The lowest BCUT2D eigenvalue weighted by atomic mass is 10.1. The first kappa shape index (κ1) is 13.8. The maximum absolute atomic E-state index is 6.15. The molecule has 106 valence electrons. The van der Waals surface area contributed by atoms with E-state index in [4.69, 9.17) is 21.9 Å². The van der Waals surface area contributed by atoms with Gasteiger partial charge in [-0.05, 0) is 29.8 Å². The number of nitrogens with zero attached hydrogens (tertiary/aromatic N) is 2. The van der Waals surface area contributed by atoms with Gasteiger partial charge in [0.05, 0.1) is 0 Å². The molecule has 0 aliphatic heterocycles. The van der Waals surface area contributed by atoms with Crippen molar-refractivity contribution in [1.82, 2.24) is 10.1 Å². The van der Waals surface area contributed by atoms with E-state index in [-0.39, 0.29) is 6.04 Å². The summed E-state index contributed by atoms with van der Waals surface area (Å²) < 4.78 is 5.27. The minimum atomic E-state index is -0.162. The number of nitrogens with two attached hydrogens (primary N) is 1. The van der Waals surface area contributed by atoms with E-state index in [2.05, 4.69) is 10.1 Å². The normalized spacial score (nSPS) is 12.3. The highest BCUT2D eigenvalue weighted by atomic mass is 35.5. The van der Waals surface area contributed by atoms with E-state index in [0.29, 0.717) is 23.2 Å². The van der Waals surface area contributed by atoms with Gasteiger partial charge in [0.25, 0.3) is 0 Å². The second-order valence-corrected chi connectivity index (χ2v) is 5.18. The van der Waals surface area contributed by atoms with Gasteiger partial charge in [-0.3, -0.25) is 0 Å². The van der Waals surface area contributed by atoms with Crippen molar-refractivity contribution >= 4 is 11.6 Å². The first-order chi connectivity index (χ1) is 10.2. The van der Waals surface area contributed by atoms with Crippen LogP contribution in [-0.2, 0) is 6.42 Å². The van der Waals surface area contributed by atoms with E-state index in [1.807, 2.05) is 42.5 Å². The van der Waals surface area contributed by atoms with Crippen molar-refractivity contribution in [1.29, 1.82) is 0 Å². The number of halogens is 1. The van der Waals surface area contributed by atoms with Gasteiger partial charge in [0, 0.05) is 23.0 Å². The van der Waals surface area contributed by atoms with E-state index in [9.17, 15) is 0 Å². The Kier molecular flexibility index (Phi) is 3.99. The molecule has 1 aromatic heterocycles. The molecule has 0 unspecified atom stereocenters. The lowest BCUT2D eigenvalue weighted by Gasteiger charge is -2.08. The van der Waals surface area contributed by atoms with E-state index in [1.165, 1.54) is 0 Å². The minimum absolute atomic E-state index is 0.162.